The van der Waals surface area contributed by atoms with Crippen LogP contribution in [0.4, 0.5) is 0 Å². The van der Waals surface area contributed by atoms with E-state index in [4.69, 9.17) is 16.7 Å². The lowest BCUT2D eigenvalue weighted by Gasteiger charge is -1.99. The minimum absolute atomic E-state index is 0.283. The van der Waals surface area contributed by atoms with E-state index in [0.717, 1.165) is 25.8 Å². The molecular weight excluding hydrogens is 294 g/mol. The van der Waals surface area contributed by atoms with Crippen LogP contribution >= 0.6 is 22.9 Å². The number of thiazole rings is 1. The standard InChI is InChI=1S/C15H10ClNO2S/c16-11-4-2-1-3-9(11)8-14-17-12-6-5-10(15(18)19)7-13(12)20-14/h1-7H,8H2,(H,18,19). The number of rotatable bonds is 3. The van der Waals surface area contributed by atoms with E-state index in [0.29, 0.717) is 6.42 Å². The number of carboxylic acid groups (broad SMARTS) is 1. The molecule has 3 nitrogen and oxygen atoms in total. The Morgan fingerprint density at radius 1 is 1.25 bits per heavy atom. The van der Waals surface area contributed by atoms with Gasteiger partial charge in [-0.3, -0.25) is 0 Å². The Labute approximate surface area is 124 Å². The lowest BCUT2D eigenvalue weighted by molar-refractivity contribution is 0.0697. The van der Waals surface area contributed by atoms with Crippen molar-refractivity contribution in [3.05, 3.63) is 63.6 Å². The maximum absolute atomic E-state index is 11.0. The fourth-order valence-electron chi connectivity index (χ4n) is 1.99. The average Bonchev–Trinajstić information content (AvgIpc) is 2.82. The Kier molecular flexibility index (Phi) is 3.42. The van der Waals surface area contributed by atoms with Gasteiger partial charge in [0.15, 0.2) is 0 Å². The molecule has 1 aromatic heterocycles. The lowest BCUT2D eigenvalue weighted by atomic mass is 10.1. The predicted molar refractivity (Wildman–Crippen MR) is 80.8 cm³/mol. The Morgan fingerprint density at radius 3 is 2.80 bits per heavy atom. The molecule has 0 amide bonds. The first-order chi connectivity index (χ1) is 9.63. The summed E-state index contributed by atoms with van der Waals surface area (Å²) in [4.78, 5) is 15.5. The monoisotopic (exact) mass is 303 g/mol. The quantitative estimate of drug-likeness (QED) is 0.787. The van der Waals surface area contributed by atoms with Crippen molar-refractivity contribution < 1.29 is 9.90 Å². The van der Waals surface area contributed by atoms with Gasteiger partial charge in [-0.2, -0.15) is 0 Å². The van der Waals surface area contributed by atoms with Crippen molar-refractivity contribution in [2.24, 2.45) is 0 Å². The summed E-state index contributed by atoms with van der Waals surface area (Å²) in [5.41, 5.74) is 2.12. The van der Waals surface area contributed by atoms with Crippen LogP contribution in [-0.4, -0.2) is 16.1 Å². The second-order valence-corrected chi connectivity index (χ2v) is 5.89. The summed E-state index contributed by atoms with van der Waals surface area (Å²) < 4.78 is 0.881. The fourth-order valence-corrected chi connectivity index (χ4v) is 3.22. The number of nitrogens with zero attached hydrogens (tertiary/aromatic N) is 1. The number of benzene rings is 2. The summed E-state index contributed by atoms with van der Waals surface area (Å²) in [7, 11) is 0. The Bertz CT molecular complexity index is 797. The summed E-state index contributed by atoms with van der Waals surface area (Å²) in [6.45, 7) is 0. The molecule has 0 aliphatic carbocycles. The van der Waals surface area contributed by atoms with Crippen molar-refractivity contribution in [3.63, 3.8) is 0 Å². The molecule has 0 radical (unpaired) electrons. The number of aromatic carboxylic acids is 1. The summed E-state index contributed by atoms with van der Waals surface area (Å²) in [5.74, 6) is -0.923. The molecule has 0 aliphatic rings. The van der Waals surface area contributed by atoms with Gasteiger partial charge in [-0.05, 0) is 29.8 Å². The number of fused-ring (bicyclic) bond motifs is 1. The van der Waals surface area contributed by atoms with Crippen LogP contribution in [-0.2, 0) is 6.42 Å². The third-order valence-electron chi connectivity index (χ3n) is 2.98. The van der Waals surface area contributed by atoms with Crippen molar-refractivity contribution in [1.82, 2.24) is 4.98 Å². The molecule has 0 fully saturated rings. The second-order valence-electron chi connectivity index (χ2n) is 4.36. The SMILES string of the molecule is O=C(O)c1ccc2nc(Cc3ccccc3Cl)sc2c1. The Morgan fingerprint density at radius 2 is 2.05 bits per heavy atom. The molecule has 5 heteroatoms. The summed E-state index contributed by atoms with van der Waals surface area (Å²) in [6, 6.07) is 12.6. The molecule has 2 aromatic carbocycles. The third-order valence-corrected chi connectivity index (χ3v) is 4.37. The molecule has 0 spiro atoms. The normalized spacial score (nSPS) is 10.8. The van der Waals surface area contributed by atoms with Gasteiger partial charge in [-0.15, -0.1) is 11.3 Å². The molecule has 0 bridgehead atoms. The van der Waals surface area contributed by atoms with Gasteiger partial charge in [0.2, 0.25) is 0 Å². The minimum atomic E-state index is -0.923. The molecule has 0 aliphatic heterocycles. The first-order valence-electron chi connectivity index (χ1n) is 5.99. The highest BCUT2D eigenvalue weighted by Gasteiger charge is 2.09. The van der Waals surface area contributed by atoms with Gasteiger partial charge in [0, 0.05) is 11.4 Å². The van der Waals surface area contributed by atoms with Crippen molar-refractivity contribution in [1.29, 1.82) is 0 Å². The van der Waals surface area contributed by atoms with E-state index in [9.17, 15) is 4.79 Å². The molecule has 100 valence electrons. The molecule has 3 rings (SSSR count). The average molecular weight is 304 g/mol. The Balaban J connectivity index is 1.97. The van der Waals surface area contributed by atoms with Crippen molar-refractivity contribution in [3.8, 4) is 0 Å². The van der Waals surface area contributed by atoms with Crippen LogP contribution in [0.25, 0.3) is 10.2 Å². The van der Waals surface area contributed by atoms with Gasteiger partial charge in [0.05, 0.1) is 20.8 Å². The smallest absolute Gasteiger partial charge is 0.335 e. The van der Waals surface area contributed by atoms with Crippen LogP contribution in [0.5, 0.6) is 0 Å². The largest absolute Gasteiger partial charge is 0.478 e. The molecule has 0 saturated carbocycles. The number of aromatic nitrogens is 1. The summed E-state index contributed by atoms with van der Waals surface area (Å²) >= 11 is 7.64. The van der Waals surface area contributed by atoms with E-state index < -0.39 is 5.97 Å². The summed E-state index contributed by atoms with van der Waals surface area (Å²) in [5, 5.41) is 10.6. The molecule has 0 atom stereocenters. The highest BCUT2D eigenvalue weighted by molar-refractivity contribution is 7.18. The molecule has 1 N–H and O–H groups in total. The number of hydrogen-bond donors (Lipinski definition) is 1. The molecule has 1 heterocycles. The molecule has 0 unspecified atom stereocenters. The van der Waals surface area contributed by atoms with Crippen LogP contribution in [0.15, 0.2) is 42.5 Å². The van der Waals surface area contributed by atoms with Crippen molar-refractivity contribution in [2.75, 3.05) is 0 Å². The number of hydrogen-bond acceptors (Lipinski definition) is 3. The zero-order chi connectivity index (χ0) is 14.1. The van der Waals surface area contributed by atoms with E-state index in [1.54, 1.807) is 18.2 Å². The van der Waals surface area contributed by atoms with Gasteiger partial charge in [0.1, 0.15) is 0 Å². The minimum Gasteiger partial charge on any atom is -0.478 e. The maximum atomic E-state index is 11.0. The van der Waals surface area contributed by atoms with E-state index >= 15 is 0 Å². The van der Waals surface area contributed by atoms with E-state index in [-0.39, 0.29) is 5.56 Å². The number of carboxylic acids is 1. The topological polar surface area (TPSA) is 50.2 Å². The zero-order valence-electron chi connectivity index (χ0n) is 10.3. The van der Waals surface area contributed by atoms with Gasteiger partial charge in [0.25, 0.3) is 0 Å². The van der Waals surface area contributed by atoms with Crippen molar-refractivity contribution >= 4 is 39.1 Å². The zero-order valence-corrected chi connectivity index (χ0v) is 11.9. The molecule has 3 aromatic rings. The maximum Gasteiger partial charge on any atom is 0.335 e. The first kappa shape index (κ1) is 13.1. The van der Waals surface area contributed by atoms with Crippen LogP contribution in [0, 0.1) is 0 Å². The van der Waals surface area contributed by atoms with Gasteiger partial charge in [-0.1, -0.05) is 29.8 Å². The van der Waals surface area contributed by atoms with Gasteiger partial charge in [-0.25, -0.2) is 9.78 Å². The second kappa shape index (κ2) is 5.23. The first-order valence-corrected chi connectivity index (χ1v) is 7.19. The van der Waals surface area contributed by atoms with E-state index in [2.05, 4.69) is 4.98 Å². The third kappa shape index (κ3) is 2.53. The van der Waals surface area contributed by atoms with E-state index in [1.165, 1.54) is 11.3 Å². The molecule has 20 heavy (non-hydrogen) atoms. The molecular formula is C15H10ClNO2S. The molecule has 0 saturated heterocycles. The highest BCUT2D eigenvalue weighted by atomic mass is 35.5. The van der Waals surface area contributed by atoms with Crippen molar-refractivity contribution in [2.45, 2.75) is 6.42 Å². The summed E-state index contributed by atoms with van der Waals surface area (Å²) in [6.07, 6.45) is 0.654. The van der Waals surface area contributed by atoms with E-state index in [1.807, 2.05) is 24.3 Å². The van der Waals surface area contributed by atoms with Crippen LogP contribution in [0.2, 0.25) is 5.02 Å². The number of halogens is 1. The number of carbonyl (C=O) groups is 1. The van der Waals surface area contributed by atoms with Gasteiger partial charge >= 0.3 is 5.97 Å². The van der Waals surface area contributed by atoms with Crippen LogP contribution < -0.4 is 0 Å². The van der Waals surface area contributed by atoms with Gasteiger partial charge < -0.3 is 5.11 Å². The van der Waals surface area contributed by atoms with Crippen LogP contribution in [0.3, 0.4) is 0 Å². The lowest BCUT2D eigenvalue weighted by Crippen LogP contribution is -1.94. The predicted octanol–water partition coefficient (Wildman–Crippen LogP) is 4.24. The fraction of sp³-hybridized carbons (Fsp3) is 0.0667. The van der Waals surface area contributed by atoms with Crippen LogP contribution in [0.1, 0.15) is 20.9 Å². The Hall–Kier alpha value is -1.91. The highest BCUT2D eigenvalue weighted by Crippen LogP contribution is 2.27.